The molecule has 0 aliphatic heterocycles. The maximum absolute atomic E-state index is 12.8. The number of ether oxygens (including phenoxy) is 1. The van der Waals surface area contributed by atoms with Crippen LogP contribution in [0.5, 0.6) is 0 Å². The van der Waals surface area contributed by atoms with Gasteiger partial charge in [-0.25, -0.2) is 0 Å². The molecule has 0 atom stereocenters. The average molecular weight is 379 g/mol. The number of anilines is 1. The highest BCUT2D eigenvalue weighted by atomic mass is 16.5. The van der Waals surface area contributed by atoms with Crippen LogP contribution in [0, 0.1) is 0 Å². The smallest absolute Gasteiger partial charge is 0.314 e. The van der Waals surface area contributed by atoms with Crippen LogP contribution in [0.3, 0.4) is 0 Å². The van der Waals surface area contributed by atoms with Gasteiger partial charge in [0.15, 0.2) is 5.76 Å². The van der Waals surface area contributed by atoms with Crippen molar-refractivity contribution in [2.45, 2.75) is 13.5 Å². The Morgan fingerprint density at radius 2 is 1.82 bits per heavy atom. The summed E-state index contributed by atoms with van der Waals surface area (Å²) in [6.45, 7) is 2.64. The van der Waals surface area contributed by atoms with Crippen molar-refractivity contribution in [1.82, 2.24) is 9.97 Å². The number of aromatic amines is 2. The number of benzene rings is 2. The average Bonchev–Trinajstić information content (AvgIpc) is 3.06. The highest BCUT2D eigenvalue weighted by molar-refractivity contribution is 6.07. The molecule has 0 radical (unpaired) electrons. The van der Waals surface area contributed by atoms with E-state index in [0.717, 1.165) is 5.39 Å². The molecule has 0 unspecified atom stereocenters. The third kappa shape index (κ3) is 3.21. The molecule has 2 aromatic heterocycles. The summed E-state index contributed by atoms with van der Waals surface area (Å²) in [6.07, 6.45) is 0. The largest absolute Gasteiger partial charge is 0.451 e. The zero-order valence-corrected chi connectivity index (χ0v) is 15.0. The fraction of sp³-hybridized carbons (Fsp3) is 0.150. The lowest BCUT2D eigenvalue weighted by Crippen LogP contribution is -2.28. The van der Waals surface area contributed by atoms with Crippen LogP contribution >= 0.6 is 0 Å². The van der Waals surface area contributed by atoms with Crippen LogP contribution < -0.4 is 16.4 Å². The molecule has 3 N–H and O–H groups in total. The quantitative estimate of drug-likeness (QED) is 0.461. The number of furan rings is 1. The van der Waals surface area contributed by atoms with Crippen molar-refractivity contribution in [2.75, 3.05) is 11.9 Å². The molecule has 0 saturated carbocycles. The monoisotopic (exact) mass is 379 g/mol. The van der Waals surface area contributed by atoms with Gasteiger partial charge in [0.05, 0.1) is 17.6 Å². The first-order valence-electron chi connectivity index (χ1n) is 8.72. The maximum Gasteiger partial charge on any atom is 0.314 e. The van der Waals surface area contributed by atoms with Gasteiger partial charge in [0.1, 0.15) is 5.58 Å². The second kappa shape index (κ2) is 7.16. The summed E-state index contributed by atoms with van der Waals surface area (Å²) in [7, 11) is 0. The lowest BCUT2D eigenvalue weighted by Gasteiger charge is -2.07. The summed E-state index contributed by atoms with van der Waals surface area (Å²) in [5.41, 5.74) is 1.10. The minimum absolute atomic E-state index is 0.171. The van der Waals surface area contributed by atoms with Gasteiger partial charge in [0, 0.05) is 23.2 Å². The molecule has 4 aromatic rings. The summed E-state index contributed by atoms with van der Waals surface area (Å²) in [6, 6.07) is 12.2. The molecule has 0 aliphatic rings. The predicted octanol–water partition coefficient (Wildman–Crippen LogP) is 2.75. The van der Waals surface area contributed by atoms with Crippen LogP contribution in [0.2, 0.25) is 0 Å². The van der Waals surface area contributed by atoms with E-state index in [2.05, 4.69) is 15.3 Å². The molecule has 8 heteroatoms. The molecule has 2 aromatic carbocycles. The van der Waals surface area contributed by atoms with Gasteiger partial charge in [-0.1, -0.05) is 18.2 Å². The summed E-state index contributed by atoms with van der Waals surface area (Å²) in [4.78, 5) is 40.7. The number of hydrogen-bond acceptors (Lipinski definition) is 5. The number of fused-ring (bicyclic) bond motifs is 2. The highest BCUT2D eigenvalue weighted by Gasteiger charge is 2.20. The van der Waals surface area contributed by atoms with Crippen LogP contribution in [0.4, 0.5) is 5.69 Å². The van der Waals surface area contributed by atoms with Gasteiger partial charge in [-0.3, -0.25) is 14.4 Å². The second-order valence-corrected chi connectivity index (χ2v) is 6.17. The molecule has 28 heavy (non-hydrogen) atoms. The maximum atomic E-state index is 12.8. The molecule has 8 nitrogen and oxygen atoms in total. The Morgan fingerprint density at radius 1 is 1.07 bits per heavy atom. The molecule has 0 saturated heterocycles. The van der Waals surface area contributed by atoms with Crippen LogP contribution in [0.25, 0.3) is 22.0 Å². The van der Waals surface area contributed by atoms with Crippen molar-refractivity contribution in [3.63, 3.8) is 0 Å². The number of nitrogens with one attached hydrogen (secondary N) is 3. The third-order valence-electron chi connectivity index (χ3n) is 4.34. The minimum atomic E-state index is -0.757. The van der Waals surface area contributed by atoms with E-state index < -0.39 is 17.0 Å². The number of carbonyl (C=O) groups is 1. The van der Waals surface area contributed by atoms with E-state index in [9.17, 15) is 14.4 Å². The molecule has 1 amide bonds. The number of para-hydroxylation sites is 1. The van der Waals surface area contributed by atoms with E-state index in [-0.39, 0.29) is 12.4 Å². The van der Waals surface area contributed by atoms with Crippen molar-refractivity contribution < 1.29 is 13.9 Å². The molecule has 0 bridgehead atoms. The van der Waals surface area contributed by atoms with Crippen LogP contribution in [-0.4, -0.2) is 22.5 Å². The molecule has 4 rings (SSSR count). The van der Waals surface area contributed by atoms with Crippen LogP contribution in [-0.2, 0) is 11.3 Å². The van der Waals surface area contributed by atoms with Gasteiger partial charge >= 0.3 is 11.1 Å². The number of carbonyl (C=O) groups excluding carboxylic acids is 1. The molecular formula is C20H17N3O5. The van der Waals surface area contributed by atoms with E-state index >= 15 is 0 Å². The first-order chi connectivity index (χ1) is 13.6. The van der Waals surface area contributed by atoms with Gasteiger partial charge in [-0.2, -0.15) is 0 Å². The summed E-state index contributed by atoms with van der Waals surface area (Å²) >= 11 is 0. The first kappa shape index (κ1) is 17.7. The number of amides is 1. The van der Waals surface area contributed by atoms with E-state index in [4.69, 9.17) is 9.15 Å². The van der Waals surface area contributed by atoms with E-state index in [0.29, 0.717) is 34.5 Å². The highest BCUT2D eigenvalue weighted by Crippen LogP contribution is 2.27. The normalized spacial score (nSPS) is 11.2. The second-order valence-electron chi connectivity index (χ2n) is 6.17. The van der Waals surface area contributed by atoms with Crippen molar-refractivity contribution in [3.05, 3.63) is 74.5 Å². The Hall–Kier alpha value is -3.65. The summed E-state index contributed by atoms with van der Waals surface area (Å²) in [5, 5.41) is 3.58. The first-order valence-corrected chi connectivity index (χ1v) is 8.72. The molecule has 142 valence electrons. The Balaban J connectivity index is 1.70. The van der Waals surface area contributed by atoms with Crippen molar-refractivity contribution in [1.29, 1.82) is 0 Å². The van der Waals surface area contributed by atoms with Crippen molar-refractivity contribution >= 4 is 33.6 Å². The van der Waals surface area contributed by atoms with Gasteiger partial charge < -0.3 is 24.4 Å². The fourth-order valence-electron chi connectivity index (χ4n) is 3.01. The number of hydrogen-bond donors (Lipinski definition) is 3. The Morgan fingerprint density at radius 3 is 2.61 bits per heavy atom. The van der Waals surface area contributed by atoms with Gasteiger partial charge in [0.2, 0.25) is 0 Å². The molecule has 0 fully saturated rings. The number of H-pyrrole nitrogens is 2. The fourth-order valence-corrected chi connectivity index (χ4v) is 3.01. The van der Waals surface area contributed by atoms with Gasteiger partial charge in [-0.15, -0.1) is 0 Å². The van der Waals surface area contributed by atoms with E-state index in [1.165, 1.54) is 0 Å². The molecule has 0 aliphatic carbocycles. The number of aromatic nitrogens is 2. The summed E-state index contributed by atoms with van der Waals surface area (Å²) in [5.74, 6) is -0.262. The van der Waals surface area contributed by atoms with E-state index in [1.54, 1.807) is 24.3 Å². The Kier molecular flexibility index (Phi) is 4.54. The predicted molar refractivity (Wildman–Crippen MR) is 105 cm³/mol. The molecule has 2 heterocycles. The third-order valence-corrected chi connectivity index (χ3v) is 4.34. The zero-order valence-electron chi connectivity index (χ0n) is 15.0. The lowest BCUT2D eigenvalue weighted by atomic mass is 10.1. The van der Waals surface area contributed by atoms with E-state index in [1.807, 2.05) is 25.1 Å². The minimum Gasteiger partial charge on any atom is -0.451 e. The SMILES string of the molecule is CCOCc1c(C(=O)Nc2ccc3[nH]c(=O)c(=O)[nH]c3c2)oc2ccccc12. The topological polar surface area (TPSA) is 117 Å². The van der Waals surface area contributed by atoms with Crippen LogP contribution in [0.1, 0.15) is 23.0 Å². The van der Waals surface area contributed by atoms with Crippen LogP contribution in [0.15, 0.2) is 56.5 Å². The standard InChI is InChI=1S/C20H17N3O5/c1-2-27-10-13-12-5-3-4-6-16(12)28-17(13)18(24)21-11-7-8-14-15(9-11)23-20(26)19(25)22-14/h3-9H,2,10H2,1H3,(H,21,24)(H,22,25)(H,23,26). The Labute approximate surface area is 158 Å². The Bertz CT molecular complexity index is 1300. The van der Waals surface area contributed by atoms with Crippen molar-refractivity contribution in [2.24, 2.45) is 0 Å². The number of rotatable bonds is 5. The van der Waals surface area contributed by atoms with Gasteiger partial charge in [0.25, 0.3) is 5.91 Å². The van der Waals surface area contributed by atoms with Gasteiger partial charge in [-0.05, 0) is 31.2 Å². The zero-order chi connectivity index (χ0) is 19.7. The molecular weight excluding hydrogens is 362 g/mol. The van der Waals surface area contributed by atoms with Crippen molar-refractivity contribution in [3.8, 4) is 0 Å². The molecule has 0 spiro atoms. The lowest BCUT2D eigenvalue weighted by molar-refractivity contribution is 0.0984. The summed E-state index contributed by atoms with van der Waals surface area (Å²) < 4.78 is 11.3.